The number of carbonyl (C=O) groups excluding carboxylic acids is 4. The van der Waals surface area contributed by atoms with Gasteiger partial charge in [-0.05, 0) is 99.3 Å². The number of hydrogen-bond donors (Lipinski definition) is 1. The van der Waals surface area contributed by atoms with E-state index in [1.54, 1.807) is 51.5 Å². The lowest BCUT2D eigenvalue weighted by molar-refractivity contribution is -0.133. The van der Waals surface area contributed by atoms with Crippen LogP contribution in [-0.2, 0) is 23.9 Å². The lowest BCUT2D eigenvalue weighted by Gasteiger charge is -2.41. The number of nitrogens with zero attached hydrogens (tertiary/aromatic N) is 3. The number of methoxy groups -OCH3 is 1. The van der Waals surface area contributed by atoms with E-state index in [2.05, 4.69) is 5.32 Å². The van der Waals surface area contributed by atoms with Crippen molar-refractivity contribution < 1.29 is 33.4 Å². The fourth-order valence-electron chi connectivity index (χ4n) is 5.76. The molecule has 2 aliphatic heterocycles. The summed E-state index contributed by atoms with van der Waals surface area (Å²) in [4.78, 5) is 59.3. The summed E-state index contributed by atoms with van der Waals surface area (Å²) in [5, 5.41) is 3.02. The summed E-state index contributed by atoms with van der Waals surface area (Å²) in [6.07, 6.45) is 2.11. The molecule has 3 aliphatic rings. The van der Waals surface area contributed by atoms with Crippen LogP contribution >= 0.6 is 0 Å². The van der Waals surface area contributed by atoms with Gasteiger partial charge in [0.15, 0.2) is 5.60 Å². The normalized spacial score (nSPS) is 21.7. The van der Waals surface area contributed by atoms with E-state index in [-0.39, 0.29) is 36.9 Å². The van der Waals surface area contributed by atoms with Crippen molar-refractivity contribution in [2.45, 2.75) is 104 Å². The van der Waals surface area contributed by atoms with Crippen LogP contribution in [0.1, 0.15) is 81.1 Å². The first-order chi connectivity index (χ1) is 20.4. The first-order valence-corrected chi connectivity index (χ1v) is 15.7. The highest BCUT2D eigenvalue weighted by Gasteiger charge is 2.45. The highest BCUT2D eigenvalue weighted by Crippen LogP contribution is 2.43. The molecule has 1 aromatic carbocycles. The van der Waals surface area contributed by atoms with Gasteiger partial charge in [-0.25, -0.2) is 4.79 Å². The number of benzene rings is 1. The van der Waals surface area contributed by atoms with Crippen LogP contribution in [0.4, 0.5) is 16.2 Å². The van der Waals surface area contributed by atoms with Gasteiger partial charge in [0, 0.05) is 50.6 Å². The van der Waals surface area contributed by atoms with E-state index in [0.29, 0.717) is 43.1 Å². The molecule has 1 N–H and O–H groups in total. The van der Waals surface area contributed by atoms with Gasteiger partial charge in [-0.2, -0.15) is 0 Å². The van der Waals surface area contributed by atoms with Crippen LogP contribution < -0.4 is 19.9 Å². The quantitative estimate of drug-likeness (QED) is 0.428. The zero-order valence-corrected chi connectivity index (χ0v) is 27.8. The number of likely N-dealkylation sites (tertiary alicyclic amines) is 1. The smallest absolute Gasteiger partial charge is 0.410 e. The fraction of sp³-hybridized carbons (Fsp3) is 0.697. The summed E-state index contributed by atoms with van der Waals surface area (Å²) in [5.41, 5.74) is -0.929. The summed E-state index contributed by atoms with van der Waals surface area (Å²) < 4.78 is 17.0. The average Bonchev–Trinajstić information content (AvgIpc) is 3.74. The van der Waals surface area contributed by atoms with Crippen LogP contribution in [0.3, 0.4) is 0 Å². The maximum absolute atomic E-state index is 14.4. The van der Waals surface area contributed by atoms with Gasteiger partial charge >= 0.3 is 6.09 Å². The number of piperidine rings is 1. The number of nitrogens with one attached hydrogen (secondary N) is 1. The summed E-state index contributed by atoms with van der Waals surface area (Å²) in [6, 6.07) is 5.52. The van der Waals surface area contributed by atoms with E-state index in [9.17, 15) is 19.2 Å². The fourth-order valence-corrected chi connectivity index (χ4v) is 5.76. The maximum atomic E-state index is 14.4. The van der Waals surface area contributed by atoms with E-state index in [0.717, 1.165) is 12.8 Å². The molecule has 4 amide bonds. The Bertz CT molecular complexity index is 1230. The molecule has 11 heteroatoms. The van der Waals surface area contributed by atoms with Crippen LogP contribution in [0, 0.1) is 11.8 Å². The number of ether oxygens (including phenoxy) is 3. The Hall–Kier alpha value is -3.34. The average molecular weight is 615 g/mol. The van der Waals surface area contributed by atoms with Crippen LogP contribution in [0.5, 0.6) is 5.75 Å². The number of rotatable bonds is 8. The van der Waals surface area contributed by atoms with Gasteiger partial charge in [0.05, 0.1) is 17.5 Å². The van der Waals surface area contributed by atoms with Crippen molar-refractivity contribution >= 4 is 35.2 Å². The van der Waals surface area contributed by atoms with Crippen molar-refractivity contribution in [3.8, 4) is 5.75 Å². The van der Waals surface area contributed by atoms with Gasteiger partial charge in [0.1, 0.15) is 11.4 Å². The third-order valence-corrected chi connectivity index (χ3v) is 7.84. The minimum Gasteiger partial charge on any atom is -0.476 e. The molecular formula is C33H50N4O7. The predicted molar refractivity (Wildman–Crippen MR) is 168 cm³/mol. The highest BCUT2D eigenvalue weighted by molar-refractivity contribution is 6.04. The SMILES string of the molecule is COCCCN1C(=O)C(C)(C)Oc2ccc(N(C(=O)[C@@H]3C[C@H](C(=O)NC(C)(C)C)CN(C(=O)OC(C)(C)C)C3)C3CC3)cc21. The molecule has 2 heterocycles. The second-order valence-electron chi connectivity index (χ2n) is 14.8. The Morgan fingerprint density at radius 1 is 1.07 bits per heavy atom. The van der Waals surface area contributed by atoms with Crippen LogP contribution in [0.2, 0.25) is 0 Å². The van der Waals surface area contributed by atoms with Gasteiger partial charge in [-0.1, -0.05) is 0 Å². The zero-order chi connectivity index (χ0) is 32.6. The van der Waals surface area contributed by atoms with Crippen molar-refractivity contribution in [1.82, 2.24) is 10.2 Å². The van der Waals surface area contributed by atoms with E-state index < -0.39 is 34.7 Å². The Labute approximate surface area is 261 Å². The molecule has 1 aliphatic carbocycles. The molecule has 11 nitrogen and oxygen atoms in total. The van der Waals surface area contributed by atoms with E-state index in [4.69, 9.17) is 14.2 Å². The minimum atomic E-state index is -1.02. The number of anilines is 2. The van der Waals surface area contributed by atoms with Gasteiger partial charge in [0.25, 0.3) is 5.91 Å². The van der Waals surface area contributed by atoms with Gasteiger partial charge in [0.2, 0.25) is 11.8 Å². The van der Waals surface area contributed by atoms with Gasteiger partial charge in [-0.3, -0.25) is 14.4 Å². The largest absolute Gasteiger partial charge is 0.476 e. The molecule has 0 bridgehead atoms. The monoisotopic (exact) mass is 614 g/mol. The molecule has 0 radical (unpaired) electrons. The van der Waals surface area contributed by atoms with Gasteiger partial charge < -0.3 is 34.2 Å². The molecule has 0 aromatic heterocycles. The van der Waals surface area contributed by atoms with Crippen molar-refractivity contribution in [3.63, 3.8) is 0 Å². The van der Waals surface area contributed by atoms with Crippen molar-refractivity contribution in [2.75, 3.05) is 43.2 Å². The maximum Gasteiger partial charge on any atom is 0.410 e. The Kier molecular flexibility index (Phi) is 9.59. The molecule has 1 aromatic rings. The van der Waals surface area contributed by atoms with Crippen molar-refractivity contribution in [3.05, 3.63) is 18.2 Å². The van der Waals surface area contributed by atoms with Crippen LogP contribution in [0.25, 0.3) is 0 Å². The third-order valence-electron chi connectivity index (χ3n) is 7.84. The Balaban J connectivity index is 1.65. The molecule has 2 fully saturated rings. The topological polar surface area (TPSA) is 118 Å². The molecular weight excluding hydrogens is 564 g/mol. The molecule has 0 spiro atoms. The molecule has 1 saturated carbocycles. The Morgan fingerprint density at radius 3 is 2.32 bits per heavy atom. The van der Waals surface area contributed by atoms with E-state index >= 15 is 0 Å². The third kappa shape index (κ3) is 8.02. The van der Waals surface area contributed by atoms with Crippen LogP contribution in [0.15, 0.2) is 18.2 Å². The summed E-state index contributed by atoms with van der Waals surface area (Å²) in [7, 11) is 1.63. The molecule has 4 rings (SSSR count). The number of carbonyl (C=O) groups is 4. The summed E-state index contributed by atoms with van der Waals surface area (Å²) in [5.74, 6) is -1.11. The first kappa shape index (κ1) is 33.6. The van der Waals surface area contributed by atoms with E-state index in [1.807, 2.05) is 39.0 Å². The van der Waals surface area contributed by atoms with Gasteiger partial charge in [-0.15, -0.1) is 0 Å². The number of hydrogen-bond acceptors (Lipinski definition) is 7. The minimum absolute atomic E-state index is 0.00195. The second kappa shape index (κ2) is 12.6. The van der Waals surface area contributed by atoms with Crippen LogP contribution in [-0.4, -0.2) is 84.8 Å². The highest BCUT2D eigenvalue weighted by atomic mass is 16.6. The number of fused-ring (bicyclic) bond motifs is 1. The van der Waals surface area contributed by atoms with Crippen molar-refractivity contribution in [1.29, 1.82) is 0 Å². The number of amides is 4. The van der Waals surface area contributed by atoms with Crippen molar-refractivity contribution in [2.24, 2.45) is 11.8 Å². The molecule has 44 heavy (non-hydrogen) atoms. The summed E-state index contributed by atoms with van der Waals surface area (Å²) >= 11 is 0. The molecule has 2 atom stereocenters. The zero-order valence-electron chi connectivity index (χ0n) is 27.8. The second-order valence-corrected chi connectivity index (χ2v) is 14.8. The summed E-state index contributed by atoms with van der Waals surface area (Å²) in [6.45, 7) is 15.9. The molecule has 0 unspecified atom stereocenters. The van der Waals surface area contributed by atoms with E-state index in [1.165, 1.54) is 4.90 Å². The predicted octanol–water partition coefficient (Wildman–Crippen LogP) is 4.51. The first-order valence-electron chi connectivity index (χ1n) is 15.7. The molecule has 244 valence electrons. The molecule has 1 saturated heterocycles. The lowest BCUT2D eigenvalue weighted by Crippen LogP contribution is -2.55. The lowest BCUT2D eigenvalue weighted by atomic mass is 9.87. The standard InChI is InChI=1S/C33H50N4O7/c1-31(2,3)34-27(38)21-17-22(20-35(19-21)30(41)44-32(4,5)6)28(39)37(23-11-12-23)24-13-14-26-25(18-24)36(15-10-16-42-9)29(40)33(7,8)43-26/h13-14,18,21-23H,10-12,15-17,19-20H2,1-9H3,(H,34,38)/t21-,22+/m0/s1. The Morgan fingerprint density at radius 2 is 1.73 bits per heavy atom.